The first kappa shape index (κ1) is 23.8. The smallest absolute Gasteiger partial charge is 0.383 e. The molecule has 0 spiro atoms. The van der Waals surface area contributed by atoms with Crippen molar-refractivity contribution in [3.8, 4) is 11.5 Å². The summed E-state index contributed by atoms with van der Waals surface area (Å²) in [4.78, 5) is 0. The van der Waals surface area contributed by atoms with Crippen LogP contribution in [-0.2, 0) is 11.8 Å². The lowest BCUT2D eigenvalue weighted by Crippen LogP contribution is -2.59. The molecule has 0 bridgehead atoms. The molecule has 0 aliphatic carbocycles. The van der Waals surface area contributed by atoms with Crippen LogP contribution in [0.2, 0.25) is 5.02 Å². The number of hydrogen-bond acceptors (Lipinski definition) is 1. The summed E-state index contributed by atoms with van der Waals surface area (Å²) in [6.45, 7) is 0. The third kappa shape index (κ3) is 3.90. The van der Waals surface area contributed by atoms with Gasteiger partial charge >= 0.3 is 23.7 Å². The van der Waals surface area contributed by atoms with Crippen LogP contribution in [0.1, 0.15) is 11.1 Å². The van der Waals surface area contributed by atoms with Crippen LogP contribution in [0.3, 0.4) is 0 Å². The average molecular weight is 481 g/mol. The van der Waals surface area contributed by atoms with Gasteiger partial charge in [0.2, 0.25) is 0 Å². The van der Waals surface area contributed by atoms with E-state index in [1.165, 1.54) is 24.3 Å². The lowest BCUT2D eigenvalue weighted by molar-refractivity contribution is -0.374. The summed E-state index contributed by atoms with van der Waals surface area (Å²) in [6.07, 6.45) is 0. The molecule has 1 nitrogen and oxygen atoms in total. The van der Waals surface area contributed by atoms with E-state index in [2.05, 4.69) is 0 Å². The molecule has 0 unspecified atom stereocenters. The Hall–Kier alpha value is -2.81. The molecule has 3 aromatic carbocycles. The minimum Gasteiger partial charge on any atom is -0.457 e. The number of halogens is 9. The van der Waals surface area contributed by atoms with Crippen molar-refractivity contribution in [3.63, 3.8) is 0 Å². The van der Waals surface area contributed by atoms with Crippen LogP contribution >= 0.6 is 11.6 Å². The summed E-state index contributed by atoms with van der Waals surface area (Å²) in [5.74, 6) is -25.4. The highest BCUT2D eigenvalue weighted by atomic mass is 35.5. The van der Waals surface area contributed by atoms with Gasteiger partial charge in [0, 0.05) is 10.6 Å². The molecule has 0 heterocycles. The maximum absolute atomic E-state index is 14.8. The van der Waals surface area contributed by atoms with Gasteiger partial charge in [-0.15, -0.1) is 0 Å². The lowest BCUT2D eigenvalue weighted by Gasteiger charge is -2.37. The first-order chi connectivity index (χ1) is 14.8. The van der Waals surface area contributed by atoms with E-state index in [1.54, 1.807) is 6.07 Å². The number of hydrogen-bond donors (Lipinski definition) is 0. The van der Waals surface area contributed by atoms with Gasteiger partial charge in [-0.3, -0.25) is 0 Å². The summed E-state index contributed by atoms with van der Waals surface area (Å²) < 4.78 is 122. The molecule has 170 valence electrons. The van der Waals surface area contributed by atoms with E-state index in [4.69, 9.17) is 16.3 Å². The molecule has 3 aromatic rings. The van der Waals surface area contributed by atoms with Gasteiger partial charge in [0.1, 0.15) is 11.5 Å². The average Bonchev–Trinajstić information content (AvgIpc) is 2.74. The summed E-state index contributed by atoms with van der Waals surface area (Å²) in [6, 6.07) is 12.8. The Kier molecular flexibility index (Phi) is 6.16. The summed E-state index contributed by atoms with van der Waals surface area (Å²) in [5, 5.41) is -0.463. The molecule has 0 saturated heterocycles. The van der Waals surface area contributed by atoms with E-state index < -0.39 is 45.6 Å². The topological polar surface area (TPSA) is 9.23 Å². The predicted octanol–water partition coefficient (Wildman–Crippen LogP) is 8.29. The van der Waals surface area contributed by atoms with Crippen molar-refractivity contribution in [2.75, 3.05) is 0 Å². The fourth-order valence-electron chi connectivity index (χ4n) is 2.86. The molecule has 3 rings (SSSR count). The van der Waals surface area contributed by atoms with Gasteiger partial charge in [-0.25, -0.2) is 0 Å². The molecule has 0 atom stereocenters. The Balaban J connectivity index is 2.07. The number of rotatable bonds is 7. The van der Waals surface area contributed by atoms with Crippen LogP contribution in [-0.4, -0.2) is 11.8 Å². The van der Waals surface area contributed by atoms with Crippen molar-refractivity contribution >= 4 is 11.6 Å². The van der Waals surface area contributed by atoms with Crippen molar-refractivity contribution < 1.29 is 39.9 Å². The molecule has 0 saturated carbocycles. The van der Waals surface area contributed by atoms with Gasteiger partial charge in [-0.2, -0.15) is 35.1 Å². The molecular weight excluding hydrogens is 468 g/mol. The van der Waals surface area contributed by atoms with Gasteiger partial charge in [0.15, 0.2) is 0 Å². The normalized spacial score (nSPS) is 13.2. The Morgan fingerprint density at radius 3 is 1.78 bits per heavy atom. The number of para-hydroxylation sites is 2. The molecule has 0 aliphatic rings. The van der Waals surface area contributed by atoms with Gasteiger partial charge in [-0.1, -0.05) is 54.1 Å². The minimum atomic E-state index is -6.53. The molecule has 0 radical (unpaired) electrons. The van der Waals surface area contributed by atoms with Crippen molar-refractivity contribution in [1.29, 1.82) is 0 Å². The predicted molar refractivity (Wildman–Crippen MR) is 102 cm³/mol. The highest BCUT2D eigenvalue weighted by molar-refractivity contribution is 6.30. The lowest BCUT2D eigenvalue weighted by atomic mass is 9.90. The summed E-state index contributed by atoms with van der Waals surface area (Å²) >= 11 is 5.47. The van der Waals surface area contributed by atoms with Crippen molar-refractivity contribution in [1.82, 2.24) is 0 Å². The number of alkyl halides is 8. The Morgan fingerprint density at radius 1 is 0.594 bits per heavy atom. The van der Waals surface area contributed by atoms with E-state index in [-0.39, 0.29) is 5.75 Å². The molecule has 10 heteroatoms. The van der Waals surface area contributed by atoms with Crippen molar-refractivity contribution in [2.24, 2.45) is 0 Å². The van der Waals surface area contributed by atoms with E-state index in [0.29, 0.717) is 18.2 Å². The fourth-order valence-corrected chi connectivity index (χ4v) is 3.05. The van der Waals surface area contributed by atoms with E-state index >= 15 is 0 Å². The zero-order valence-electron chi connectivity index (χ0n) is 15.8. The monoisotopic (exact) mass is 480 g/mol. The third-order valence-electron chi connectivity index (χ3n) is 4.57. The van der Waals surface area contributed by atoms with E-state index in [1.807, 2.05) is 0 Å². The van der Waals surface area contributed by atoms with Gasteiger partial charge in [-0.05, 0) is 36.4 Å². The highest BCUT2D eigenvalue weighted by Crippen LogP contribution is 2.60. The van der Waals surface area contributed by atoms with Crippen LogP contribution in [0.5, 0.6) is 11.5 Å². The fraction of sp³-hybridized carbons (Fsp3) is 0.182. The second-order valence-corrected chi connectivity index (χ2v) is 7.16. The Bertz CT molecular complexity index is 1090. The zero-order chi connectivity index (χ0) is 23.8. The Labute approximate surface area is 182 Å². The second kappa shape index (κ2) is 8.27. The van der Waals surface area contributed by atoms with E-state index in [9.17, 15) is 35.1 Å². The molecule has 0 fully saturated rings. The number of benzene rings is 3. The van der Waals surface area contributed by atoms with Crippen molar-refractivity contribution in [3.05, 3.63) is 95.0 Å². The minimum absolute atomic E-state index is 0.0601. The van der Waals surface area contributed by atoms with Gasteiger partial charge < -0.3 is 4.74 Å². The molecule has 0 N–H and O–H groups in total. The van der Waals surface area contributed by atoms with Crippen LogP contribution in [0.25, 0.3) is 0 Å². The second-order valence-electron chi connectivity index (χ2n) is 6.72. The van der Waals surface area contributed by atoms with Crippen LogP contribution in [0.15, 0.2) is 78.9 Å². The molecule has 32 heavy (non-hydrogen) atoms. The van der Waals surface area contributed by atoms with Crippen LogP contribution < -0.4 is 4.74 Å². The zero-order valence-corrected chi connectivity index (χ0v) is 16.6. The number of ether oxygens (including phenoxy) is 1. The van der Waals surface area contributed by atoms with E-state index in [0.717, 1.165) is 30.3 Å². The third-order valence-corrected chi connectivity index (χ3v) is 4.80. The van der Waals surface area contributed by atoms with Gasteiger partial charge in [0.25, 0.3) is 0 Å². The maximum Gasteiger partial charge on any atom is 0.383 e. The van der Waals surface area contributed by atoms with Crippen molar-refractivity contribution in [2.45, 2.75) is 23.7 Å². The Morgan fingerprint density at radius 2 is 1.16 bits per heavy atom. The first-order valence-corrected chi connectivity index (χ1v) is 9.30. The maximum atomic E-state index is 14.8. The molecule has 0 amide bonds. The van der Waals surface area contributed by atoms with Crippen LogP contribution in [0.4, 0.5) is 35.1 Å². The summed E-state index contributed by atoms with van der Waals surface area (Å²) in [7, 11) is 0. The summed E-state index contributed by atoms with van der Waals surface area (Å²) in [5.41, 5.74) is -3.32. The largest absolute Gasteiger partial charge is 0.457 e. The first-order valence-electron chi connectivity index (χ1n) is 8.92. The molecule has 0 aromatic heterocycles. The van der Waals surface area contributed by atoms with Gasteiger partial charge in [0.05, 0.1) is 5.56 Å². The SMILES string of the molecule is FC(F)(c1cccc(Cl)c1)C(F)(F)C(F)(F)C(F)(F)c1ccccc1Oc1ccccc1. The quantitative estimate of drug-likeness (QED) is 0.309. The standard InChI is InChI=1S/C22H13ClF8O/c23-15-8-6-7-14(13-15)19(24,25)21(28,29)22(30,31)20(26,27)17-11-4-5-12-18(17)32-16-9-2-1-3-10-16/h1-13H. The van der Waals surface area contributed by atoms with Crippen LogP contribution in [0, 0.1) is 0 Å². The highest BCUT2D eigenvalue weighted by Gasteiger charge is 2.81. The molecular formula is C22H13ClF8O. The molecule has 0 aliphatic heterocycles.